The maximum atomic E-state index is 12.4. The first-order chi connectivity index (χ1) is 13.8. The number of rotatable bonds is 9. The highest BCUT2D eigenvalue weighted by Gasteiger charge is 2.20. The van der Waals surface area contributed by atoms with Crippen molar-refractivity contribution in [2.75, 3.05) is 32.1 Å². The fourth-order valence-electron chi connectivity index (χ4n) is 2.43. The minimum atomic E-state index is -0.875. The van der Waals surface area contributed by atoms with Gasteiger partial charge >= 0.3 is 5.97 Å². The Hall–Kier alpha value is -2.98. The van der Waals surface area contributed by atoms with Gasteiger partial charge in [0.05, 0.1) is 17.1 Å². The SMILES string of the molecule is CN(Cc1ccc(Br)cc1)C(=O)COC(=O)c1cc([N+](=O)[O-])ccc1NCCO. The van der Waals surface area contributed by atoms with E-state index in [9.17, 15) is 19.7 Å². The van der Waals surface area contributed by atoms with E-state index in [-0.39, 0.29) is 30.1 Å². The minimum Gasteiger partial charge on any atom is -0.452 e. The number of anilines is 1. The van der Waals surface area contributed by atoms with Crippen molar-refractivity contribution in [3.63, 3.8) is 0 Å². The topological polar surface area (TPSA) is 122 Å². The molecule has 2 rings (SSSR count). The van der Waals surface area contributed by atoms with Gasteiger partial charge in [0, 0.05) is 42.4 Å². The third-order valence-electron chi connectivity index (χ3n) is 3.95. The van der Waals surface area contributed by atoms with Crippen LogP contribution in [0.4, 0.5) is 11.4 Å². The Morgan fingerprint density at radius 3 is 2.55 bits per heavy atom. The molecule has 2 N–H and O–H groups in total. The van der Waals surface area contributed by atoms with E-state index in [0.29, 0.717) is 6.54 Å². The number of non-ortho nitro benzene ring substituents is 1. The number of nitro benzene ring substituents is 1. The summed E-state index contributed by atoms with van der Waals surface area (Å²) >= 11 is 3.34. The van der Waals surface area contributed by atoms with E-state index >= 15 is 0 Å². The van der Waals surface area contributed by atoms with Crippen molar-refractivity contribution < 1.29 is 24.4 Å². The van der Waals surface area contributed by atoms with Crippen LogP contribution >= 0.6 is 15.9 Å². The van der Waals surface area contributed by atoms with Gasteiger partial charge in [-0.2, -0.15) is 0 Å². The van der Waals surface area contributed by atoms with Crippen molar-refractivity contribution in [3.8, 4) is 0 Å². The van der Waals surface area contributed by atoms with E-state index in [1.54, 1.807) is 7.05 Å². The van der Waals surface area contributed by atoms with Crippen LogP contribution in [0.1, 0.15) is 15.9 Å². The highest BCUT2D eigenvalue weighted by molar-refractivity contribution is 9.10. The largest absolute Gasteiger partial charge is 0.452 e. The molecule has 10 heteroatoms. The van der Waals surface area contributed by atoms with E-state index < -0.39 is 23.4 Å². The van der Waals surface area contributed by atoms with E-state index in [1.165, 1.54) is 17.0 Å². The van der Waals surface area contributed by atoms with Gasteiger partial charge in [-0.15, -0.1) is 0 Å². The number of benzene rings is 2. The molecule has 2 aromatic rings. The maximum absolute atomic E-state index is 12.4. The fourth-order valence-corrected chi connectivity index (χ4v) is 2.69. The second kappa shape index (κ2) is 10.5. The Balaban J connectivity index is 2.02. The standard InChI is InChI=1S/C19H20BrN3O6/c1-22(11-13-2-4-14(20)5-3-13)18(25)12-29-19(26)16-10-15(23(27)28)6-7-17(16)21-8-9-24/h2-7,10,21,24H,8-9,11-12H2,1H3. The quantitative estimate of drug-likeness (QED) is 0.331. The third kappa shape index (κ3) is 6.54. The number of ether oxygens (including phenoxy) is 1. The number of nitro groups is 1. The molecule has 0 fully saturated rings. The van der Waals surface area contributed by atoms with Crippen LogP contribution in [0.15, 0.2) is 46.9 Å². The number of amides is 1. The van der Waals surface area contributed by atoms with Crippen LogP contribution in [-0.4, -0.2) is 53.6 Å². The Morgan fingerprint density at radius 2 is 1.93 bits per heavy atom. The first-order valence-electron chi connectivity index (χ1n) is 8.60. The van der Waals surface area contributed by atoms with Gasteiger partial charge in [-0.1, -0.05) is 28.1 Å². The number of halogens is 1. The molecule has 0 unspecified atom stereocenters. The average molecular weight is 466 g/mol. The number of hydrogen-bond acceptors (Lipinski definition) is 7. The first-order valence-corrected chi connectivity index (χ1v) is 9.40. The monoisotopic (exact) mass is 465 g/mol. The maximum Gasteiger partial charge on any atom is 0.341 e. The summed E-state index contributed by atoms with van der Waals surface area (Å²) in [6.07, 6.45) is 0. The average Bonchev–Trinajstić information content (AvgIpc) is 2.71. The molecule has 0 bridgehead atoms. The van der Waals surface area contributed by atoms with Crippen molar-refractivity contribution in [1.29, 1.82) is 0 Å². The molecule has 0 aromatic heterocycles. The second-order valence-corrected chi connectivity index (χ2v) is 7.01. The third-order valence-corrected chi connectivity index (χ3v) is 4.48. The minimum absolute atomic E-state index is 0.0870. The molecule has 0 saturated heterocycles. The van der Waals surface area contributed by atoms with Crippen LogP contribution in [0.2, 0.25) is 0 Å². The highest BCUT2D eigenvalue weighted by Crippen LogP contribution is 2.23. The predicted octanol–water partition coefficient (Wildman–Crippen LogP) is 2.58. The zero-order valence-electron chi connectivity index (χ0n) is 15.6. The molecule has 29 heavy (non-hydrogen) atoms. The number of aliphatic hydroxyl groups is 1. The molecule has 0 atom stereocenters. The van der Waals surface area contributed by atoms with Crippen molar-refractivity contribution in [1.82, 2.24) is 4.90 Å². The summed E-state index contributed by atoms with van der Waals surface area (Å²) in [6, 6.07) is 11.1. The molecule has 0 heterocycles. The van der Waals surface area contributed by atoms with Crippen molar-refractivity contribution >= 4 is 39.2 Å². The van der Waals surface area contributed by atoms with Crippen LogP contribution in [0.5, 0.6) is 0 Å². The predicted molar refractivity (Wildman–Crippen MR) is 110 cm³/mol. The second-order valence-electron chi connectivity index (χ2n) is 6.09. The number of nitrogens with one attached hydrogen (secondary N) is 1. The highest BCUT2D eigenvalue weighted by atomic mass is 79.9. The van der Waals surface area contributed by atoms with Gasteiger partial charge in [0.25, 0.3) is 11.6 Å². The number of carbonyl (C=O) groups is 2. The molecule has 0 spiro atoms. The molecular weight excluding hydrogens is 446 g/mol. The summed E-state index contributed by atoms with van der Waals surface area (Å²) in [4.78, 5) is 36.4. The summed E-state index contributed by atoms with van der Waals surface area (Å²) in [5, 5.41) is 22.7. The molecule has 2 aromatic carbocycles. The number of esters is 1. The summed E-state index contributed by atoms with van der Waals surface area (Å²) in [5.74, 6) is -1.30. The van der Waals surface area contributed by atoms with Gasteiger partial charge < -0.3 is 20.1 Å². The molecule has 154 valence electrons. The Labute approximate surface area is 175 Å². The lowest BCUT2D eigenvalue weighted by molar-refractivity contribution is -0.384. The van der Waals surface area contributed by atoms with Gasteiger partial charge in [0.2, 0.25) is 0 Å². The van der Waals surface area contributed by atoms with E-state index in [0.717, 1.165) is 16.1 Å². The zero-order chi connectivity index (χ0) is 21.4. The van der Waals surface area contributed by atoms with Gasteiger partial charge in [0.15, 0.2) is 6.61 Å². The molecule has 0 saturated carbocycles. The molecule has 0 aliphatic carbocycles. The van der Waals surface area contributed by atoms with Gasteiger partial charge in [-0.05, 0) is 23.8 Å². The summed E-state index contributed by atoms with van der Waals surface area (Å²) in [7, 11) is 1.58. The Bertz CT molecular complexity index is 888. The molecule has 9 nitrogen and oxygen atoms in total. The van der Waals surface area contributed by atoms with Crippen molar-refractivity contribution in [2.24, 2.45) is 0 Å². The number of carbonyl (C=O) groups excluding carboxylic acids is 2. The number of aliphatic hydroxyl groups excluding tert-OH is 1. The smallest absolute Gasteiger partial charge is 0.341 e. The van der Waals surface area contributed by atoms with Crippen LogP contribution in [-0.2, 0) is 16.1 Å². The van der Waals surface area contributed by atoms with E-state index in [4.69, 9.17) is 9.84 Å². The van der Waals surface area contributed by atoms with Gasteiger partial charge in [0.1, 0.15) is 0 Å². The van der Waals surface area contributed by atoms with E-state index in [2.05, 4.69) is 21.2 Å². The van der Waals surface area contributed by atoms with Crippen molar-refractivity contribution in [3.05, 3.63) is 68.2 Å². The van der Waals surface area contributed by atoms with Gasteiger partial charge in [-0.3, -0.25) is 14.9 Å². The van der Waals surface area contributed by atoms with Gasteiger partial charge in [-0.25, -0.2) is 4.79 Å². The molecule has 0 aliphatic heterocycles. The van der Waals surface area contributed by atoms with Crippen LogP contribution in [0.3, 0.4) is 0 Å². The summed E-state index contributed by atoms with van der Waals surface area (Å²) in [5.41, 5.74) is 0.802. The van der Waals surface area contributed by atoms with Crippen LogP contribution in [0.25, 0.3) is 0 Å². The lowest BCUT2D eigenvalue weighted by Gasteiger charge is -2.17. The van der Waals surface area contributed by atoms with Crippen LogP contribution < -0.4 is 5.32 Å². The fraction of sp³-hybridized carbons (Fsp3) is 0.263. The number of nitrogens with zero attached hydrogens (tertiary/aromatic N) is 2. The Kier molecular flexibility index (Phi) is 8.10. The number of likely N-dealkylation sites (N-methyl/N-ethyl adjacent to an activating group) is 1. The summed E-state index contributed by atoms with van der Waals surface area (Å²) < 4.78 is 5.98. The molecule has 0 radical (unpaired) electrons. The Morgan fingerprint density at radius 1 is 1.24 bits per heavy atom. The van der Waals surface area contributed by atoms with Crippen LogP contribution in [0, 0.1) is 10.1 Å². The molecular formula is C19H20BrN3O6. The number of hydrogen-bond donors (Lipinski definition) is 2. The zero-order valence-corrected chi connectivity index (χ0v) is 17.2. The first kappa shape index (κ1) is 22.3. The lowest BCUT2D eigenvalue weighted by atomic mass is 10.1. The summed E-state index contributed by atoms with van der Waals surface area (Å²) in [6.45, 7) is -0.213. The van der Waals surface area contributed by atoms with Crippen molar-refractivity contribution in [2.45, 2.75) is 6.54 Å². The molecule has 0 aliphatic rings. The lowest BCUT2D eigenvalue weighted by Crippen LogP contribution is -2.31. The van der Waals surface area contributed by atoms with E-state index in [1.807, 2.05) is 24.3 Å². The molecule has 1 amide bonds. The normalized spacial score (nSPS) is 10.3.